The summed E-state index contributed by atoms with van der Waals surface area (Å²) >= 11 is 0. The molecule has 0 aliphatic carbocycles. The van der Waals surface area contributed by atoms with Crippen molar-refractivity contribution >= 4 is 34.8 Å². The minimum atomic E-state index is -1.08. The Labute approximate surface area is 138 Å². The molecule has 0 heterocycles. The van der Waals surface area contributed by atoms with E-state index in [4.69, 9.17) is 5.73 Å². The van der Waals surface area contributed by atoms with E-state index in [9.17, 15) is 19.5 Å². The van der Waals surface area contributed by atoms with E-state index in [1.165, 1.54) is 24.3 Å². The normalized spacial score (nSPS) is 10.1. The number of hydrogen-bond acceptors (Lipinski definition) is 5. The van der Waals surface area contributed by atoms with Crippen LogP contribution in [0.5, 0.6) is 5.75 Å². The summed E-state index contributed by atoms with van der Waals surface area (Å²) in [6, 6.07) is 10.6. The Morgan fingerprint density at radius 1 is 1.12 bits per heavy atom. The number of aryl methyl sites for hydroxylation is 1. The van der Waals surface area contributed by atoms with E-state index >= 15 is 0 Å². The molecule has 3 amide bonds. The minimum absolute atomic E-state index is 0.0787. The largest absolute Gasteiger partial charge is 0.506 e. The molecule has 0 aliphatic heterocycles. The predicted octanol–water partition coefficient (Wildman–Crippen LogP) is 1.80. The average Bonchev–Trinajstić information content (AvgIpc) is 2.49. The van der Waals surface area contributed by atoms with Gasteiger partial charge >= 0.3 is 11.8 Å². The van der Waals surface area contributed by atoms with Crippen LogP contribution in [0.3, 0.4) is 0 Å². The van der Waals surface area contributed by atoms with Crippen molar-refractivity contribution in [2.45, 2.75) is 13.8 Å². The summed E-state index contributed by atoms with van der Waals surface area (Å²) in [6.07, 6.45) is 0. The third-order valence-corrected chi connectivity index (χ3v) is 3.24. The number of imide groups is 1. The molecule has 2 aromatic carbocycles. The number of nitrogen functional groups attached to an aromatic ring is 1. The minimum Gasteiger partial charge on any atom is -0.506 e. The van der Waals surface area contributed by atoms with Crippen LogP contribution < -0.4 is 16.0 Å². The van der Waals surface area contributed by atoms with Crippen LogP contribution in [-0.2, 0) is 14.4 Å². The van der Waals surface area contributed by atoms with Gasteiger partial charge < -0.3 is 16.2 Å². The maximum Gasteiger partial charge on any atom is 0.323 e. The van der Waals surface area contributed by atoms with Crippen LogP contribution in [0.25, 0.3) is 0 Å². The quantitative estimate of drug-likeness (QED) is 0.442. The van der Waals surface area contributed by atoms with Crippen molar-refractivity contribution in [1.82, 2.24) is 0 Å². The lowest BCUT2D eigenvalue weighted by Gasteiger charge is -2.19. The van der Waals surface area contributed by atoms with E-state index in [2.05, 4.69) is 5.32 Å². The number of benzene rings is 2. The van der Waals surface area contributed by atoms with Crippen LogP contribution in [0, 0.1) is 6.92 Å². The lowest BCUT2D eigenvalue weighted by molar-refractivity contribution is -0.136. The number of phenols is 1. The monoisotopic (exact) mass is 327 g/mol. The molecule has 0 unspecified atom stereocenters. The van der Waals surface area contributed by atoms with Crippen LogP contribution in [0.4, 0.5) is 17.1 Å². The molecule has 24 heavy (non-hydrogen) atoms. The summed E-state index contributed by atoms with van der Waals surface area (Å²) < 4.78 is 0. The number of nitrogens with one attached hydrogen (secondary N) is 1. The van der Waals surface area contributed by atoms with E-state index in [1.807, 2.05) is 0 Å². The molecule has 124 valence electrons. The molecule has 2 aromatic rings. The van der Waals surface area contributed by atoms with E-state index in [0.29, 0.717) is 5.69 Å². The lowest BCUT2D eigenvalue weighted by atomic mass is 10.2. The molecule has 0 atom stereocenters. The smallest absolute Gasteiger partial charge is 0.323 e. The number of rotatable bonds is 2. The first kappa shape index (κ1) is 17.0. The highest BCUT2D eigenvalue weighted by Crippen LogP contribution is 2.24. The Balaban J connectivity index is 2.26. The number of hydrogen-bond donors (Lipinski definition) is 3. The highest BCUT2D eigenvalue weighted by atomic mass is 16.3. The van der Waals surface area contributed by atoms with Gasteiger partial charge in [-0.2, -0.15) is 0 Å². The molecular formula is C17H17N3O4. The van der Waals surface area contributed by atoms with Gasteiger partial charge in [0.15, 0.2) is 0 Å². The molecule has 7 heteroatoms. The van der Waals surface area contributed by atoms with Gasteiger partial charge in [-0.1, -0.05) is 12.1 Å². The number of nitrogens with zero attached hydrogens (tertiary/aromatic N) is 1. The standard InChI is InChI=1S/C17H17N3O4/c1-10-6-7-14(15(22)8-10)19-16(23)17(24)20(11(2)21)13-5-3-4-12(18)9-13/h3-9,22H,18H2,1-2H3,(H,19,23). The first-order valence-electron chi connectivity index (χ1n) is 7.10. The summed E-state index contributed by atoms with van der Waals surface area (Å²) in [7, 11) is 0. The molecular weight excluding hydrogens is 310 g/mol. The second kappa shape index (κ2) is 6.82. The number of amides is 3. The Kier molecular flexibility index (Phi) is 4.84. The average molecular weight is 327 g/mol. The van der Waals surface area contributed by atoms with Crippen molar-refractivity contribution in [2.24, 2.45) is 0 Å². The maximum absolute atomic E-state index is 12.3. The first-order valence-corrected chi connectivity index (χ1v) is 7.10. The molecule has 0 spiro atoms. The van der Waals surface area contributed by atoms with E-state index < -0.39 is 17.7 Å². The van der Waals surface area contributed by atoms with Crippen molar-refractivity contribution in [1.29, 1.82) is 0 Å². The number of carbonyl (C=O) groups is 3. The third-order valence-electron chi connectivity index (χ3n) is 3.24. The summed E-state index contributed by atoms with van der Waals surface area (Å²) in [5.74, 6) is -2.93. The fourth-order valence-corrected chi connectivity index (χ4v) is 2.13. The zero-order valence-corrected chi connectivity index (χ0v) is 13.2. The van der Waals surface area contributed by atoms with Gasteiger partial charge in [-0.25, -0.2) is 4.90 Å². The fraction of sp³-hybridized carbons (Fsp3) is 0.118. The molecule has 0 bridgehead atoms. The molecule has 0 aliphatic rings. The molecule has 0 fully saturated rings. The van der Waals surface area contributed by atoms with Gasteiger partial charge in [-0.15, -0.1) is 0 Å². The Bertz CT molecular complexity index is 817. The topological polar surface area (TPSA) is 113 Å². The van der Waals surface area contributed by atoms with Gasteiger partial charge in [-0.05, 0) is 42.8 Å². The van der Waals surface area contributed by atoms with Crippen LogP contribution in [0.1, 0.15) is 12.5 Å². The number of anilines is 3. The molecule has 7 nitrogen and oxygen atoms in total. The molecule has 2 rings (SSSR count). The molecule has 0 aromatic heterocycles. The van der Waals surface area contributed by atoms with E-state index in [1.54, 1.807) is 25.1 Å². The molecule has 0 saturated heterocycles. The van der Waals surface area contributed by atoms with Gasteiger partial charge in [0.2, 0.25) is 5.91 Å². The summed E-state index contributed by atoms with van der Waals surface area (Å²) in [5.41, 5.74) is 7.06. The van der Waals surface area contributed by atoms with Crippen LogP contribution in [-0.4, -0.2) is 22.8 Å². The third kappa shape index (κ3) is 3.70. The van der Waals surface area contributed by atoms with Gasteiger partial charge in [0, 0.05) is 12.6 Å². The summed E-state index contributed by atoms with van der Waals surface area (Å²) in [4.78, 5) is 37.0. The number of carbonyl (C=O) groups excluding carboxylic acids is 3. The van der Waals surface area contributed by atoms with E-state index in [-0.39, 0.29) is 17.1 Å². The number of nitrogens with two attached hydrogens (primary N) is 1. The maximum atomic E-state index is 12.3. The zero-order valence-electron chi connectivity index (χ0n) is 13.2. The highest BCUT2D eigenvalue weighted by Gasteiger charge is 2.27. The Hall–Kier alpha value is -3.35. The van der Waals surface area contributed by atoms with Gasteiger partial charge in [0.05, 0.1) is 11.4 Å². The van der Waals surface area contributed by atoms with Crippen LogP contribution in [0.15, 0.2) is 42.5 Å². The van der Waals surface area contributed by atoms with Crippen molar-refractivity contribution in [2.75, 3.05) is 16.0 Å². The second-order valence-electron chi connectivity index (χ2n) is 5.23. The predicted molar refractivity (Wildman–Crippen MR) is 90.5 cm³/mol. The van der Waals surface area contributed by atoms with Crippen molar-refractivity contribution < 1.29 is 19.5 Å². The zero-order chi connectivity index (χ0) is 17.9. The van der Waals surface area contributed by atoms with Gasteiger partial charge in [0.25, 0.3) is 0 Å². The number of phenolic OH excluding ortho intramolecular Hbond substituents is 1. The summed E-state index contributed by atoms with van der Waals surface area (Å²) in [5, 5.41) is 12.1. The second-order valence-corrected chi connectivity index (χ2v) is 5.23. The van der Waals surface area contributed by atoms with Crippen LogP contribution >= 0.6 is 0 Å². The SMILES string of the molecule is CC(=O)N(C(=O)C(=O)Nc1ccc(C)cc1O)c1cccc(N)c1. The van der Waals surface area contributed by atoms with Gasteiger partial charge in [-0.3, -0.25) is 14.4 Å². The molecule has 0 radical (unpaired) electrons. The summed E-state index contributed by atoms with van der Waals surface area (Å²) in [6.45, 7) is 2.94. The van der Waals surface area contributed by atoms with E-state index in [0.717, 1.165) is 17.4 Å². The first-order chi connectivity index (χ1) is 11.3. The highest BCUT2D eigenvalue weighted by molar-refractivity contribution is 6.48. The van der Waals surface area contributed by atoms with Gasteiger partial charge in [0.1, 0.15) is 5.75 Å². The molecule has 0 saturated carbocycles. The Morgan fingerprint density at radius 2 is 1.83 bits per heavy atom. The van der Waals surface area contributed by atoms with Crippen LogP contribution in [0.2, 0.25) is 0 Å². The molecule has 4 N–H and O–H groups in total. The fourth-order valence-electron chi connectivity index (χ4n) is 2.13. The number of aromatic hydroxyl groups is 1. The van der Waals surface area contributed by atoms with Crippen molar-refractivity contribution in [3.8, 4) is 5.75 Å². The Morgan fingerprint density at radius 3 is 2.42 bits per heavy atom. The van der Waals surface area contributed by atoms with Crippen molar-refractivity contribution in [3.63, 3.8) is 0 Å². The van der Waals surface area contributed by atoms with Crippen molar-refractivity contribution in [3.05, 3.63) is 48.0 Å². The lowest BCUT2D eigenvalue weighted by Crippen LogP contribution is -2.42.